The molecule has 7 nitrogen and oxygen atoms in total. The molecule has 0 saturated heterocycles. The first-order chi connectivity index (χ1) is 14.4. The van der Waals surface area contributed by atoms with E-state index in [0.29, 0.717) is 28.5 Å². The molecule has 0 spiro atoms. The zero-order chi connectivity index (χ0) is 21.6. The highest BCUT2D eigenvalue weighted by atomic mass is 35.5. The van der Waals surface area contributed by atoms with Gasteiger partial charge in [-0.15, -0.1) is 10.2 Å². The van der Waals surface area contributed by atoms with Crippen LogP contribution in [0.25, 0.3) is 0 Å². The fourth-order valence-corrected chi connectivity index (χ4v) is 5.12. The summed E-state index contributed by atoms with van der Waals surface area (Å²) in [6, 6.07) is 13.5. The molecule has 1 N–H and O–H groups in total. The molecule has 0 saturated carbocycles. The van der Waals surface area contributed by atoms with Crippen molar-refractivity contribution in [1.82, 2.24) is 10.2 Å². The van der Waals surface area contributed by atoms with E-state index in [4.69, 9.17) is 16.3 Å². The lowest BCUT2D eigenvalue weighted by molar-refractivity contribution is 0.102. The summed E-state index contributed by atoms with van der Waals surface area (Å²) in [5, 5.41) is 10.5. The summed E-state index contributed by atoms with van der Waals surface area (Å²) >= 11 is 6.84. The maximum Gasteiger partial charge on any atom is 0.257 e. The fraction of sp³-hybridized carbons (Fsp3) is 0.250. The van der Waals surface area contributed by atoms with Gasteiger partial charge in [-0.2, -0.15) is 0 Å². The van der Waals surface area contributed by atoms with Crippen molar-refractivity contribution in [2.45, 2.75) is 29.9 Å². The second-order valence-electron chi connectivity index (χ2n) is 6.41. The van der Waals surface area contributed by atoms with Crippen LogP contribution in [0, 0.1) is 0 Å². The van der Waals surface area contributed by atoms with Gasteiger partial charge in [0.1, 0.15) is 5.75 Å². The maximum atomic E-state index is 12.6. The number of rotatable bonds is 9. The van der Waals surface area contributed by atoms with Crippen molar-refractivity contribution >= 4 is 43.8 Å². The Hall–Kier alpha value is -2.49. The Morgan fingerprint density at radius 3 is 2.73 bits per heavy atom. The SMILES string of the molecule is CCCCOc1cccc(C(=O)Nc2nnc(S(=O)(=O)Cc3ccccc3Cl)s2)c1. The van der Waals surface area contributed by atoms with Crippen LogP contribution in [0.1, 0.15) is 35.7 Å². The fourth-order valence-electron chi connectivity index (χ4n) is 2.50. The number of hydrogen-bond acceptors (Lipinski definition) is 7. The molecule has 0 aliphatic rings. The summed E-state index contributed by atoms with van der Waals surface area (Å²) in [5.41, 5.74) is 0.847. The lowest BCUT2D eigenvalue weighted by atomic mass is 10.2. The number of hydrogen-bond donors (Lipinski definition) is 1. The molecule has 3 aromatic rings. The predicted octanol–water partition coefficient (Wildman–Crippen LogP) is 4.60. The molecule has 1 amide bonds. The van der Waals surface area contributed by atoms with Crippen molar-refractivity contribution in [3.63, 3.8) is 0 Å². The molecule has 3 rings (SSSR count). The van der Waals surface area contributed by atoms with Crippen LogP contribution < -0.4 is 10.1 Å². The van der Waals surface area contributed by atoms with E-state index in [9.17, 15) is 13.2 Å². The lowest BCUT2D eigenvalue weighted by Gasteiger charge is -2.07. The molecular weight excluding hydrogens is 446 g/mol. The maximum absolute atomic E-state index is 12.6. The molecule has 0 bridgehead atoms. The second kappa shape index (κ2) is 10.0. The van der Waals surface area contributed by atoms with Crippen molar-refractivity contribution in [2.75, 3.05) is 11.9 Å². The first-order valence-corrected chi connectivity index (χ1v) is 12.1. The zero-order valence-electron chi connectivity index (χ0n) is 16.2. The third-order valence-corrected chi connectivity index (χ3v) is 7.38. The summed E-state index contributed by atoms with van der Waals surface area (Å²) in [7, 11) is -3.75. The Kier molecular flexibility index (Phi) is 7.41. The van der Waals surface area contributed by atoms with Crippen molar-refractivity contribution in [2.24, 2.45) is 0 Å². The molecule has 10 heteroatoms. The van der Waals surface area contributed by atoms with Crippen LogP contribution in [-0.4, -0.2) is 31.1 Å². The zero-order valence-corrected chi connectivity index (χ0v) is 18.6. The highest BCUT2D eigenvalue weighted by Gasteiger charge is 2.23. The summed E-state index contributed by atoms with van der Waals surface area (Å²) < 4.78 is 30.6. The van der Waals surface area contributed by atoms with E-state index in [-0.39, 0.29) is 15.2 Å². The Bertz CT molecular complexity index is 1130. The molecule has 1 aromatic heterocycles. The number of carbonyl (C=O) groups excluding carboxylic acids is 1. The number of nitrogens with zero attached hydrogens (tertiary/aromatic N) is 2. The first-order valence-electron chi connectivity index (χ1n) is 9.23. The minimum absolute atomic E-state index is 0.0926. The highest BCUT2D eigenvalue weighted by Crippen LogP contribution is 2.26. The quantitative estimate of drug-likeness (QED) is 0.366. The van der Waals surface area contributed by atoms with Crippen LogP contribution in [0.2, 0.25) is 5.02 Å². The van der Waals surface area contributed by atoms with E-state index in [1.165, 1.54) is 0 Å². The number of amides is 1. The lowest BCUT2D eigenvalue weighted by Crippen LogP contribution is -2.11. The van der Waals surface area contributed by atoms with E-state index >= 15 is 0 Å². The Morgan fingerprint density at radius 1 is 1.17 bits per heavy atom. The molecule has 0 aliphatic carbocycles. The van der Waals surface area contributed by atoms with Gasteiger partial charge >= 0.3 is 0 Å². The van der Waals surface area contributed by atoms with Crippen molar-refractivity contribution in [3.8, 4) is 5.75 Å². The van der Waals surface area contributed by atoms with Crippen molar-refractivity contribution < 1.29 is 17.9 Å². The van der Waals surface area contributed by atoms with Gasteiger partial charge in [-0.05, 0) is 36.2 Å². The number of anilines is 1. The van der Waals surface area contributed by atoms with E-state index in [1.54, 1.807) is 48.5 Å². The van der Waals surface area contributed by atoms with Crippen LogP contribution in [0.15, 0.2) is 52.9 Å². The van der Waals surface area contributed by atoms with Gasteiger partial charge in [-0.3, -0.25) is 10.1 Å². The molecular formula is C20H20ClN3O4S2. The number of benzene rings is 2. The molecule has 158 valence electrons. The molecule has 0 unspecified atom stereocenters. The number of sulfone groups is 1. The minimum Gasteiger partial charge on any atom is -0.494 e. The normalized spacial score (nSPS) is 11.3. The largest absolute Gasteiger partial charge is 0.494 e. The van der Waals surface area contributed by atoms with Crippen LogP contribution in [0.5, 0.6) is 5.75 Å². The van der Waals surface area contributed by atoms with Crippen molar-refractivity contribution in [1.29, 1.82) is 0 Å². The van der Waals surface area contributed by atoms with Gasteiger partial charge in [0, 0.05) is 10.6 Å². The van der Waals surface area contributed by atoms with Gasteiger partial charge in [0.15, 0.2) is 0 Å². The standard InChI is InChI=1S/C20H20ClN3O4S2/c1-2-3-11-28-16-9-6-8-14(12-16)18(25)22-19-23-24-20(29-19)30(26,27)13-15-7-4-5-10-17(15)21/h4-10,12H,2-3,11,13H2,1H3,(H,22,23,25). The molecule has 1 heterocycles. The van der Waals surface area contributed by atoms with Crippen LogP contribution in [0.3, 0.4) is 0 Å². The molecule has 0 radical (unpaired) electrons. The van der Waals surface area contributed by atoms with E-state index in [2.05, 4.69) is 22.4 Å². The van der Waals surface area contributed by atoms with Gasteiger partial charge in [0.25, 0.3) is 5.91 Å². The van der Waals surface area contributed by atoms with E-state index in [1.807, 2.05) is 0 Å². The first kappa shape index (κ1) is 22.2. The smallest absolute Gasteiger partial charge is 0.257 e. The molecule has 30 heavy (non-hydrogen) atoms. The monoisotopic (exact) mass is 465 g/mol. The van der Waals surface area contributed by atoms with Crippen LogP contribution >= 0.6 is 22.9 Å². The van der Waals surface area contributed by atoms with E-state index < -0.39 is 15.7 Å². The van der Waals surface area contributed by atoms with Gasteiger partial charge in [0.05, 0.1) is 12.4 Å². The highest BCUT2D eigenvalue weighted by molar-refractivity contribution is 7.92. The Morgan fingerprint density at radius 2 is 1.97 bits per heavy atom. The van der Waals surface area contributed by atoms with Gasteiger partial charge in [0.2, 0.25) is 19.3 Å². The van der Waals surface area contributed by atoms with E-state index in [0.717, 1.165) is 24.2 Å². The number of carbonyl (C=O) groups is 1. The Labute approximate surface area is 184 Å². The predicted molar refractivity (Wildman–Crippen MR) is 117 cm³/mol. The summed E-state index contributed by atoms with van der Waals surface area (Å²) in [5.74, 6) is -0.134. The molecule has 2 aromatic carbocycles. The number of ether oxygens (including phenoxy) is 1. The van der Waals surface area contributed by atoms with Crippen molar-refractivity contribution in [3.05, 3.63) is 64.7 Å². The summed E-state index contributed by atoms with van der Waals surface area (Å²) in [6.07, 6.45) is 1.94. The second-order valence-corrected chi connectivity index (χ2v) is 9.96. The minimum atomic E-state index is -3.75. The molecule has 0 fully saturated rings. The molecule has 0 atom stereocenters. The van der Waals surface area contributed by atoms with Crippen LogP contribution in [0.4, 0.5) is 5.13 Å². The summed E-state index contributed by atoms with van der Waals surface area (Å²) in [4.78, 5) is 12.5. The average Bonchev–Trinajstić information content (AvgIpc) is 3.20. The van der Waals surface area contributed by atoms with Gasteiger partial charge in [-0.1, -0.05) is 60.5 Å². The average molecular weight is 466 g/mol. The number of aromatic nitrogens is 2. The topological polar surface area (TPSA) is 98.2 Å². The number of halogens is 1. The summed E-state index contributed by atoms with van der Waals surface area (Å²) in [6.45, 7) is 2.64. The van der Waals surface area contributed by atoms with Gasteiger partial charge < -0.3 is 4.74 Å². The number of unbranched alkanes of at least 4 members (excludes halogenated alkanes) is 1. The van der Waals surface area contributed by atoms with Crippen LogP contribution in [-0.2, 0) is 15.6 Å². The number of nitrogens with one attached hydrogen (secondary N) is 1. The Balaban J connectivity index is 1.68. The molecule has 0 aliphatic heterocycles. The third kappa shape index (κ3) is 5.78. The van der Waals surface area contributed by atoms with Gasteiger partial charge in [-0.25, -0.2) is 8.42 Å². The third-order valence-electron chi connectivity index (χ3n) is 4.06.